The maximum atomic E-state index is 12.5. The van der Waals surface area contributed by atoms with E-state index in [0.717, 1.165) is 6.07 Å². The number of carbonyl (C=O) groups excluding carboxylic acids is 1. The number of alkyl halides is 3. The second-order valence-electron chi connectivity index (χ2n) is 3.80. The van der Waals surface area contributed by atoms with Crippen molar-refractivity contribution in [1.29, 1.82) is 0 Å². The highest BCUT2D eigenvalue weighted by molar-refractivity contribution is 6.05. The SMILES string of the molecule is CN=C(N)c1cc(OC)c(C(=O)C(F)(F)F)cc1C. The Kier molecular flexibility index (Phi) is 4.18. The molecular weight excluding hydrogens is 261 g/mol. The fraction of sp³-hybridized carbons (Fsp3) is 0.333. The van der Waals surface area contributed by atoms with Crippen LogP contribution in [-0.2, 0) is 0 Å². The molecule has 0 aliphatic carbocycles. The summed E-state index contributed by atoms with van der Waals surface area (Å²) in [5.74, 6) is -1.98. The summed E-state index contributed by atoms with van der Waals surface area (Å²) < 4.78 is 42.2. The van der Waals surface area contributed by atoms with Crippen molar-refractivity contribution in [2.24, 2.45) is 10.7 Å². The van der Waals surface area contributed by atoms with E-state index in [2.05, 4.69) is 4.99 Å². The molecule has 19 heavy (non-hydrogen) atoms. The summed E-state index contributed by atoms with van der Waals surface area (Å²) in [5.41, 5.74) is 5.92. The van der Waals surface area contributed by atoms with Crippen LogP contribution in [0.2, 0.25) is 0 Å². The molecule has 104 valence electrons. The van der Waals surface area contributed by atoms with Crippen molar-refractivity contribution in [3.05, 3.63) is 28.8 Å². The summed E-state index contributed by atoms with van der Waals surface area (Å²) in [6.45, 7) is 1.54. The molecule has 2 N–H and O–H groups in total. The standard InChI is InChI=1S/C12H13F3N2O2/c1-6-4-8(10(18)12(13,14)15)9(19-3)5-7(6)11(16)17-2/h4-5H,1-3H3,(H2,16,17). The molecule has 0 fully saturated rings. The van der Waals surface area contributed by atoms with Crippen LogP contribution < -0.4 is 10.5 Å². The molecule has 0 amide bonds. The van der Waals surface area contributed by atoms with Gasteiger partial charge in [-0.25, -0.2) is 0 Å². The molecule has 1 aromatic rings. The molecule has 1 rings (SSSR count). The first-order valence-electron chi connectivity index (χ1n) is 5.25. The summed E-state index contributed by atoms with van der Waals surface area (Å²) >= 11 is 0. The summed E-state index contributed by atoms with van der Waals surface area (Å²) in [6, 6.07) is 2.37. The molecule has 0 radical (unpaired) electrons. The van der Waals surface area contributed by atoms with Crippen LogP contribution in [0.1, 0.15) is 21.5 Å². The van der Waals surface area contributed by atoms with Gasteiger partial charge in [-0.2, -0.15) is 13.2 Å². The number of carbonyl (C=O) groups is 1. The third kappa shape index (κ3) is 3.04. The Morgan fingerprint density at radius 2 is 1.89 bits per heavy atom. The van der Waals surface area contributed by atoms with Crippen molar-refractivity contribution >= 4 is 11.6 Å². The van der Waals surface area contributed by atoms with Crippen LogP contribution in [0.3, 0.4) is 0 Å². The van der Waals surface area contributed by atoms with Crippen molar-refractivity contribution < 1.29 is 22.7 Å². The minimum atomic E-state index is -4.95. The lowest BCUT2D eigenvalue weighted by atomic mass is 10.0. The average molecular weight is 274 g/mol. The second-order valence-corrected chi connectivity index (χ2v) is 3.80. The van der Waals surface area contributed by atoms with E-state index in [1.54, 1.807) is 6.92 Å². The van der Waals surface area contributed by atoms with E-state index in [-0.39, 0.29) is 11.6 Å². The van der Waals surface area contributed by atoms with E-state index in [0.29, 0.717) is 11.1 Å². The molecule has 0 bridgehead atoms. The number of methoxy groups -OCH3 is 1. The number of ketones is 1. The summed E-state index contributed by atoms with van der Waals surface area (Å²) in [5, 5.41) is 0. The highest BCUT2D eigenvalue weighted by Crippen LogP contribution is 2.30. The Morgan fingerprint density at radius 3 is 2.32 bits per heavy atom. The number of ether oxygens (including phenoxy) is 1. The number of aryl methyl sites for hydroxylation is 1. The highest BCUT2D eigenvalue weighted by Gasteiger charge is 2.41. The maximum Gasteiger partial charge on any atom is 0.455 e. The number of amidine groups is 1. The van der Waals surface area contributed by atoms with Gasteiger partial charge < -0.3 is 10.5 Å². The van der Waals surface area contributed by atoms with Gasteiger partial charge in [-0.15, -0.1) is 0 Å². The first-order chi connectivity index (χ1) is 8.72. The topological polar surface area (TPSA) is 64.7 Å². The van der Waals surface area contributed by atoms with Crippen LogP contribution in [0.25, 0.3) is 0 Å². The Morgan fingerprint density at radius 1 is 1.32 bits per heavy atom. The van der Waals surface area contributed by atoms with Crippen LogP contribution in [0.4, 0.5) is 13.2 Å². The first kappa shape index (κ1) is 15.0. The molecule has 0 spiro atoms. The molecule has 0 aliphatic heterocycles. The normalized spacial score (nSPS) is 12.4. The van der Waals surface area contributed by atoms with Gasteiger partial charge in [-0.1, -0.05) is 0 Å². The lowest BCUT2D eigenvalue weighted by Crippen LogP contribution is -2.24. The number of benzene rings is 1. The fourth-order valence-corrected chi connectivity index (χ4v) is 1.58. The number of rotatable bonds is 3. The van der Waals surface area contributed by atoms with Crippen molar-refractivity contribution in [2.45, 2.75) is 13.1 Å². The molecule has 0 aliphatic rings. The highest BCUT2D eigenvalue weighted by atomic mass is 19.4. The Labute approximate surface area is 108 Å². The van der Waals surface area contributed by atoms with Gasteiger partial charge in [0.2, 0.25) is 0 Å². The van der Waals surface area contributed by atoms with E-state index in [4.69, 9.17) is 10.5 Å². The van der Waals surface area contributed by atoms with Crippen LogP contribution in [0, 0.1) is 6.92 Å². The van der Waals surface area contributed by atoms with Crippen LogP contribution >= 0.6 is 0 Å². The van der Waals surface area contributed by atoms with Gasteiger partial charge in [-0.3, -0.25) is 9.79 Å². The second kappa shape index (κ2) is 5.29. The number of halogens is 3. The van der Waals surface area contributed by atoms with Crippen LogP contribution in [-0.4, -0.2) is 32.0 Å². The molecular formula is C12H13F3N2O2. The molecule has 0 unspecified atom stereocenters. The van der Waals surface area contributed by atoms with Crippen molar-refractivity contribution in [1.82, 2.24) is 0 Å². The smallest absolute Gasteiger partial charge is 0.455 e. The predicted octanol–water partition coefficient (Wildman–Crippen LogP) is 2.08. The van der Waals surface area contributed by atoms with E-state index in [9.17, 15) is 18.0 Å². The molecule has 0 aromatic heterocycles. The number of aliphatic imine (C=N–C) groups is 1. The molecule has 0 atom stereocenters. The number of hydrogen-bond acceptors (Lipinski definition) is 3. The zero-order valence-corrected chi connectivity index (χ0v) is 10.6. The number of nitrogens with zero attached hydrogens (tertiary/aromatic N) is 1. The van der Waals surface area contributed by atoms with Gasteiger partial charge in [0.05, 0.1) is 12.7 Å². The van der Waals surface area contributed by atoms with Gasteiger partial charge in [-0.05, 0) is 24.6 Å². The molecule has 0 saturated carbocycles. The van der Waals surface area contributed by atoms with E-state index in [1.807, 2.05) is 0 Å². The summed E-state index contributed by atoms with van der Waals surface area (Å²) in [6.07, 6.45) is -4.95. The lowest BCUT2D eigenvalue weighted by Gasteiger charge is -2.13. The Bertz CT molecular complexity index is 537. The summed E-state index contributed by atoms with van der Waals surface area (Å²) in [4.78, 5) is 15.0. The molecule has 1 aromatic carbocycles. The average Bonchev–Trinajstić information content (AvgIpc) is 2.35. The quantitative estimate of drug-likeness (QED) is 0.521. The van der Waals surface area contributed by atoms with Gasteiger partial charge in [0.1, 0.15) is 11.6 Å². The lowest BCUT2D eigenvalue weighted by molar-refractivity contribution is -0.0886. The number of Topliss-reactive ketones (excluding diaryl/α,β-unsaturated/α-hetero) is 1. The van der Waals surface area contributed by atoms with Gasteiger partial charge in [0.15, 0.2) is 0 Å². The zero-order valence-electron chi connectivity index (χ0n) is 10.6. The van der Waals surface area contributed by atoms with Crippen molar-refractivity contribution in [3.8, 4) is 5.75 Å². The van der Waals surface area contributed by atoms with E-state index in [1.165, 1.54) is 20.2 Å². The van der Waals surface area contributed by atoms with Crippen LogP contribution in [0.15, 0.2) is 17.1 Å². The zero-order chi connectivity index (χ0) is 14.8. The largest absolute Gasteiger partial charge is 0.496 e. The summed E-state index contributed by atoms with van der Waals surface area (Å²) in [7, 11) is 2.64. The third-order valence-electron chi connectivity index (χ3n) is 2.57. The van der Waals surface area contributed by atoms with E-state index >= 15 is 0 Å². The van der Waals surface area contributed by atoms with E-state index < -0.39 is 17.5 Å². The Hall–Kier alpha value is -2.05. The molecule has 0 saturated heterocycles. The molecule has 4 nitrogen and oxygen atoms in total. The van der Waals surface area contributed by atoms with Crippen molar-refractivity contribution in [2.75, 3.05) is 14.2 Å². The van der Waals surface area contributed by atoms with Gasteiger partial charge >= 0.3 is 6.18 Å². The Balaban J connectivity index is 3.45. The maximum absolute atomic E-state index is 12.5. The van der Waals surface area contributed by atoms with Crippen molar-refractivity contribution in [3.63, 3.8) is 0 Å². The third-order valence-corrected chi connectivity index (χ3v) is 2.57. The monoisotopic (exact) mass is 274 g/mol. The van der Waals surface area contributed by atoms with Gasteiger partial charge in [0, 0.05) is 12.6 Å². The fourth-order valence-electron chi connectivity index (χ4n) is 1.58. The predicted molar refractivity (Wildman–Crippen MR) is 64.8 cm³/mol. The number of hydrogen-bond donors (Lipinski definition) is 1. The van der Waals surface area contributed by atoms with Crippen LogP contribution in [0.5, 0.6) is 5.75 Å². The minimum Gasteiger partial charge on any atom is -0.496 e. The molecule has 0 heterocycles. The minimum absolute atomic E-state index is 0.154. The molecule has 7 heteroatoms. The number of nitrogens with two attached hydrogens (primary N) is 1. The van der Waals surface area contributed by atoms with Gasteiger partial charge in [0.25, 0.3) is 5.78 Å². The first-order valence-corrected chi connectivity index (χ1v) is 5.25.